The van der Waals surface area contributed by atoms with Gasteiger partial charge in [-0.1, -0.05) is 6.92 Å². The molecule has 0 amide bonds. The zero-order valence-electron chi connectivity index (χ0n) is 21.6. The Labute approximate surface area is 219 Å². The quantitative estimate of drug-likeness (QED) is 0.336. The first-order valence-corrected chi connectivity index (χ1v) is 14.2. The van der Waals surface area contributed by atoms with Crippen molar-refractivity contribution >= 4 is 26.8 Å². The molecule has 1 aliphatic rings. The third-order valence-corrected chi connectivity index (χ3v) is 7.40. The van der Waals surface area contributed by atoms with Crippen LogP contribution in [-0.4, -0.2) is 56.3 Å². The maximum absolute atomic E-state index is 13.5. The van der Waals surface area contributed by atoms with Crippen molar-refractivity contribution in [3.63, 3.8) is 0 Å². The number of rotatable bonds is 9. The van der Waals surface area contributed by atoms with Crippen molar-refractivity contribution < 1.29 is 13.2 Å². The van der Waals surface area contributed by atoms with Gasteiger partial charge in [-0.25, -0.2) is 33.3 Å². The van der Waals surface area contributed by atoms with Crippen LogP contribution in [0.4, 0.5) is 5.82 Å². The first-order chi connectivity index (χ1) is 18.2. The highest BCUT2D eigenvalue weighted by Crippen LogP contribution is 2.45. The Balaban J connectivity index is 1.57. The standard InChI is InChI=1S/C25H28N8O4S/c1-5-10-33-23-19(31-22(25(33)34)27-11-16-8-9-17(12-26-16)38(4,35)36)14(2)30-21(32-23)18-20(15-6-7-15)28-13-29-24(18)37-3/h8-9,12-13,15H,5-7,10-11H2,1-4H3,(H,27,31). The van der Waals surface area contributed by atoms with Gasteiger partial charge in [-0.3, -0.25) is 14.3 Å². The Morgan fingerprint density at radius 3 is 2.55 bits per heavy atom. The van der Waals surface area contributed by atoms with Gasteiger partial charge in [-0.2, -0.15) is 0 Å². The Hall–Kier alpha value is -4.00. The Bertz CT molecular complexity index is 1680. The van der Waals surface area contributed by atoms with Gasteiger partial charge < -0.3 is 10.1 Å². The lowest BCUT2D eigenvalue weighted by atomic mass is 10.1. The van der Waals surface area contributed by atoms with Crippen LogP contribution in [0.2, 0.25) is 0 Å². The summed E-state index contributed by atoms with van der Waals surface area (Å²) in [7, 11) is -1.80. The zero-order valence-corrected chi connectivity index (χ0v) is 22.4. The average molecular weight is 537 g/mol. The summed E-state index contributed by atoms with van der Waals surface area (Å²) in [6.07, 6.45) is 6.68. The van der Waals surface area contributed by atoms with E-state index in [9.17, 15) is 13.2 Å². The number of fused-ring (bicyclic) bond motifs is 1. The molecule has 1 fully saturated rings. The van der Waals surface area contributed by atoms with Gasteiger partial charge in [0.25, 0.3) is 5.56 Å². The van der Waals surface area contributed by atoms with Gasteiger partial charge >= 0.3 is 0 Å². The second kappa shape index (κ2) is 10.0. The molecule has 38 heavy (non-hydrogen) atoms. The van der Waals surface area contributed by atoms with Crippen LogP contribution in [0.3, 0.4) is 0 Å². The fraction of sp³-hybridized carbons (Fsp3) is 0.400. The van der Waals surface area contributed by atoms with E-state index in [2.05, 4.69) is 25.3 Å². The Kier molecular flexibility index (Phi) is 6.78. The first-order valence-electron chi connectivity index (χ1n) is 12.3. The highest BCUT2D eigenvalue weighted by atomic mass is 32.2. The maximum Gasteiger partial charge on any atom is 0.294 e. The molecule has 198 valence electrons. The molecule has 5 rings (SSSR count). The summed E-state index contributed by atoms with van der Waals surface area (Å²) < 4.78 is 30.5. The largest absolute Gasteiger partial charge is 0.480 e. The molecular formula is C25H28N8O4S. The molecule has 0 aromatic carbocycles. The minimum absolute atomic E-state index is 0.129. The van der Waals surface area contributed by atoms with Crippen LogP contribution in [0.25, 0.3) is 22.6 Å². The maximum atomic E-state index is 13.5. The van der Waals surface area contributed by atoms with Gasteiger partial charge in [-0.15, -0.1) is 0 Å². The second-order valence-electron chi connectivity index (χ2n) is 9.25. The SMILES string of the molecule is CCCn1c(=O)c(NCc2ccc(S(C)(=O)=O)cn2)nc2c(C)nc(-c3c(OC)ncnc3C3CC3)nc21. The van der Waals surface area contributed by atoms with Crippen LogP contribution in [0.5, 0.6) is 5.88 Å². The number of aryl methyl sites for hydroxylation is 2. The number of sulfone groups is 1. The van der Waals surface area contributed by atoms with Crippen molar-refractivity contribution in [2.45, 2.75) is 57.0 Å². The molecule has 0 bridgehead atoms. The van der Waals surface area contributed by atoms with E-state index in [4.69, 9.17) is 14.7 Å². The fourth-order valence-electron chi connectivity index (χ4n) is 4.24. The van der Waals surface area contributed by atoms with E-state index < -0.39 is 9.84 Å². The summed E-state index contributed by atoms with van der Waals surface area (Å²) in [6.45, 7) is 4.42. The monoisotopic (exact) mass is 536 g/mol. The minimum atomic E-state index is -3.34. The molecule has 1 saturated carbocycles. The predicted octanol–water partition coefficient (Wildman–Crippen LogP) is 2.66. The Morgan fingerprint density at radius 1 is 1.13 bits per heavy atom. The number of hydrogen-bond donors (Lipinski definition) is 1. The number of pyridine rings is 1. The smallest absolute Gasteiger partial charge is 0.294 e. The van der Waals surface area contributed by atoms with Crippen LogP contribution in [0.15, 0.2) is 34.3 Å². The third-order valence-electron chi connectivity index (χ3n) is 6.30. The molecule has 0 unspecified atom stereocenters. The van der Waals surface area contributed by atoms with Crippen LogP contribution < -0.4 is 15.6 Å². The summed E-state index contributed by atoms with van der Waals surface area (Å²) in [4.78, 5) is 40.7. The lowest BCUT2D eigenvalue weighted by Gasteiger charge is -2.15. The molecule has 0 spiro atoms. The highest BCUT2D eigenvalue weighted by molar-refractivity contribution is 7.90. The fourth-order valence-corrected chi connectivity index (χ4v) is 4.79. The van der Waals surface area contributed by atoms with Crippen molar-refractivity contribution in [2.24, 2.45) is 0 Å². The van der Waals surface area contributed by atoms with Gasteiger partial charge in [0, 0.05) is 24.9 Å². The number of nitrogens with one attached hydrogen (secondary N) is 1. The highest BCUT2D eigenvalue weighted by Gasteiger charge is 2.32. The van der Waals surface area contributed by atoms with Crippen molar-refractivity contribution in [3.8, 4) is 17.3 Å². The molecule has 0 radical (unpaired) electrons. The first kappa shape index (κ1) is 25.6. The number of hydrogen-bond acceptors (Lipinski definition) is 11. The van der Waals surface area contributed by atoms with Crippen molar-refractivity contribution in [3.05, 3.63) is 52.1 Å². The molecule has 0 aliphatic heterocycles. The third kappa shape index (κ3) is 4.93. The molecule has 12 nitrogen and oxygen atoms in total. The molecule has 4 heterocycles. The lowest BCUT2D eigenvalue weighted by Crippen LogP contribution is -2.27. The Morgan fingerprint density at radius 2 is 1.92 bits per heavy atom. The van der Waals surface area contributed by atoms with Crippen LogP contribution in [0.1, 0.15) is 49.2 Å². The molecule has 1 N–H and O–H groups in total. The van der Waals surface area contributed by atoms with Crippen LogP contribution >= 0.6 is 0 Å². The van der Waals surface area contributed by atoms with E-state index in [1.54, 1.807) is 17.7 Å². The summed E-state index contributed by atoms with van der Waals surface area (Å²) in [6, 6.07) is 3.09. The summed E-state index contributed by atoms with van der Waals surface area (Å²) in [5, 5.41) is 3.05. The number of aromatic nitrogens is 7. The summed E-state index contributed by atoms with van der Waals surface area (Å²) in [5.41, 5.74) is 3.25. The van der Waals surface area contributed by atoms with Gasteiger partial charge in [-0.05, 0) is 38.3 Å². The number of anilines is 1. The minimum Gasteiger partial charge on any atom is -0.480 e. The van der Waals surface area contributed by atoms with E-state index in [1.807, 2.05) is 13.8 Å². The van der Waals surface area contributed by atoms with Gasteiger partial charge in [0.2, 0.25) is 5.88 Å². The summed E-state index contributed by atoms with van der Waals surface area (Å²) >= 11 is 0. The average Bonchev–Trinajstić information content (AvgIpc) is 3.74. The van der Waals surface area contributed by atoms with E-state index in [0.717, 1.165) is 24.8 Å². The van der Waals surface area contributed by atoms with E-state index in [-0.39, 0.29) is 22.8 Å². The molecule has 0 saturated heterocycles. The topological polar surface area (TPSA) is 155 Å². The normalized spacial score (nSPS) is 13.6. The molecule has 1 aliphatic carbocycles. The van der Waals surface area contributed by atoms with Crippen molar-refractivity contribution in [2.75, 3.05) is 18.7 Å². The van der Waals surface area contributed by atoms with Gasteiger partial charge in [0.15, 0.2) is 27.1 Å². The molecule has 0 atom stereocenters. The summed E-state index contributed by atoms with van der Waals surface area (Å²) in [5.74, 6) is 1.24. The van der Waals surface area contributed by atoms with Crippen LogP contribution in [0, 0.1) is 6.92 Å². The second-order valence-corrected chi connectivity index (χ2v) is 11.3. The molecule has 13 heteroatoms. The predicted molar refractivity (Wildman–Crippen MR) is 141 cm³/mol. The van der Waals surface area contributed by atoms with Gasteiger partial charge in [0.05, 0.1) is 35.6 Å². The van der Waals surface area contributed by atoms with Crippen LogP contribution in [-0.2, 0) is 22.9 Å². The van der Waals surface area contributed by atoms with Crippen molar-refractivity contribution in [1.82, 2.24) is 34.5 Å². The molecule has 4 aromatic rings. The number of nitrogens with zero attached hydrogens (tertiary/aromatic N) is 7. The lowest BCUT2D eigenvalue weighted by molar-refractivity contribution is 0.397. The van der Waals surface area contributed by atoms with Crippen molar-refractivity contribution in [1.29, 1.82) is 0 Å². The zero-order chi connectivity index (χ0) is 27.0. The van der Waals surface area contributed by atoms with E-state index >= 15 is 0 Å². The van der Waals surface area contributed by atoms with E-state index in [1.165, 1.54) is 18.6 Å². The molecular weight excluding hydrogens is 508 g/mol. The van der Waals surface area contributed by atoms with Gasteiger partial charge in [0.1, 0.15) is 17.4 Å². The number of ether oxygens (including phenoxy) is 1. The molecule has 4 aromatic heterocycles. The van der Waals surface area contributed by atoms with E-state index in [0.29, 0.717) is 58.7 Å². The number of methoxy groups -OCH3 is 1.